The minimum Gasteiger partial charge on any atom is -0.486 e. The molecule has 1 amide bonds. The molecule has 0 saturated carbocycles. The lowest BCUT2D eigenvalue weighted by atomic mass is 9.77. The van der Waals surface area contributed by atoms with E-state index in [9.17, 15) is 14.9 Å². The van der Waals surface area contributed by atoms with E-state index < -0.39 is 17.5 Å². The Morgan fingerprint density at radius 2 is 1.78 bits per heavy atom. The van der Waals surface area contributed by atoms with Crippen LogP contribution >= 0.6 is 34.8 Å². The number of nitrogens with zero attached hydrogens (tertiary/aromatic N) is 2. The summed E-state index contributed by atoms with van der Waals surface area (Å²) in [5.41, 5.74) is 1.39. The number of carbonyl (C=O) groups excluding carboxylic acids is 1. The molecule has 0 aliphatic carbocycles. The number of para-hydroxylation sites is 1. The van der Waals surface area contributed by atoms with E-state index in [1.165, 1.54) is 0 Å². The summed E-state index contributed by atoms with van der Waals surface area (Å²) in [4.78, 5) is 28.1. The average Bonchev–Trinajstić information content (AvgIpc) is 3.53. The minimum absolute atomic E-state index is 0.208. The van der Waals surface area contributed by atoms with Crippen molar-refractivity contribution in [1.82, 2.24) is 4.90 Å². The van der Waals surface area contributed by atoms with Crippen LogP contribution in [0.2, 0.25) is 15.1 Å². The molecule has 6 rings (SSSR count). The van der Waals surface area contributed by atoms with Crippen molar-refractivity contribution in [3.63, 3.8) is 0 Å². The predicted octanol–water partition coefficient (Wildman–Crippen LogP) is 6.28. The van der Waals surface area contributed by atoms with Crippen LogP contribution in [-0.4, -0.2) is 34.4 Å². The van der Waals surface area contributed by atoms with Gasteiger partial charge in [0.1, 0.15) is 6.61 Å². The van der Waals surface area contributed by atoms with Crippen molar-refractivity contribution in [2.45, 2.75) is 43.0 Å². The summed E-state index contributed by atoms with van der Waals surface area (Å²) in [7, 11) is 0. The number of carbonyl (C=O) groups is 1. The van der Waals surface area contributed by atoms with Crippen LogP contribution in [0.4, 0.5) is 5.69 Å². The van der Waals surface area contributed by atoms with Gasteiger partial charge in [-0.25, -0.2) is 0 Å². The van der Waals surface area contributed by atoms with Gasteiger partial charge >= 0.3 is 0 Å². The van der Waals surface area contributed by atoms with E-state index in [2.05, 4.69) is 5.32 Å². The first-order valence-corrected chi connectivity index (χ1v) is 13.1. The van der Waals surface area contributed by atoms with E-state index in [0.29, 0.717) is 34.1 Å². The highest BCUT2D eigenvalue weighted by Gasteiger charge is 2.73. The number of amides is 1. The van der Waals surface area contributed by atoms with Crippen LogP contribution in [0, 0.1) is 10.1 Å². The number of anilines is 1. The Balaban J connectivity index is 1.40. The summed E-state index contributed by atoms with van der Waals surface area (Å²) >= 11 is 19.2. The van der Waals surface area contributed by atoms with Crippen molar-refractivity contribution in [2.75, 3.05) is 11.9 Å². The number of halogens is 3. The molecule has 4 atom stereocenters. The largest absolute Gasteiger partial charge is 0.486 e. The van der Waals surface area contributed by atoms with Gasteiger partial charge < -0.3 is 10.1 Å². The number of hydrogen-bond donors (Lipinski definition) is 1. The molecule has 3 aliphatic heterocycles. The van der Waals surface area contributed by atoms with E-state index >= 15 is 0 Å². The van der Waals surface area contributed by atoms with E-state index in [1.54, 1.807) is 30.3 Å². The molecule has 0 bridgehead atoms. The quantitative estimate of drug-likeness (QED) is 0.294. The molecule has 1 N–H and O–H groups in total. The Morgan fingerprint density at radius 1 is 1.08 bits per heavy atom. The number of nitrogens with one attached hydrogen (secondary N) is 1. The summed E-state index contributed by atoms with van der Waals surface area (Å²) in [6, 6.07) is 16.4. The first-order valence-electron chi connectivity index (χ1n) is 12.0. The maximum atomic E-state index is 13.6. The third kappa shape index (κ3) is 3.71. The molecule has 7 nitrogen and oxygen atoms in total. The number of nitro groups is 1. The number of rotatable bonds is 5. The zero-order chi connectivity index (χ0) is 25.9. The van der Waals surface area contributed by atoms with Crippen LogP contribution in [0.1, 0.15) is 35.4 Å². The van der Waals surface area contributed by atoms with Crippen molar-refractivity contribution in [2.24, 2.45) is 0 Å². The first-order chi connectivity index (χ1) is 17.8. The lowest BCUT2D eigenvalue weighted by Gasteiger charge is -2.32. The van der Waals surface area contributed by atoms with Crippen molar-refractivity contribution in [1.29, 1.82) is 0 Å². The van der Waals surface area contributed by atoms with Gasteiger partial charge in [0.2, 0.25) is 0 Å². The average molecular weight is 559 g/mol. The van der Waals surface area contributed by atoms with E-state index in [0.717, 1.165) is 18.4 Å². The second-order valence-electron chi connectivity index (χ2n) is 9.65. The fourth-order valence-corrected chi connectivity index (χ4v) is 7.16. The second-order valence-corrected chi connectivity index (χ2v) is 10.9. The molecule has 0 aromatic heterocycles. The van der Waals surface area contributed by atoms with Gasteiger partial charge in [0, 0.05) is 33.8 Å². The van der Waals surface area contributed by atoms with Crippen LogP contribution in [0.15, 0.2) is 60.7 Å². The summed E-state index contributed by atoms with van der Waals surface area (Å²) in [6.45, 7) is 0.824. The van der Waals surface area contributed by atoms with Crippen molar-refractivity contribution < 1.29 is 14.5 Å². The normalized spacial score (nSPS) is 26.2. The monoisotopic (exact) mass is 557 g/mol. The van der Waals surface area contributed by atoms with Crippen LogP contribution < -0.4 is 10.1 Å². The van der Waals surface area contributed by atoms with Crippen molar-refractivity contribution >= 4 is 46.4 Å². The lowest BCUT2D eigenvalue weighted by molar-refractivity contribution is -0.534. The molecule has 10 heteroatoms. The van der Waals surface area contributed by atoms with Crippen LogP contribution in [0.25, 0.3) is 0 Å². The molecule has 0 unspecified atom stereocenters. The van der Waals surface area contributed by atoms with E-state index in [1.807, 2.05) is 35.2 Å². The zero-order valence-corrected chi connectivity index (χ0v) is 21.8. The molecule has 3 heterocycles. The summed E-state index contributed by atoms with van der Waals surface area (Å²) in [5, 5.41) is 16.8. The minimum atomic E-state index is -1.39. The maximum Gasteiger partial charge on any atom is 0.256 e. The first kappa shape index (κ1) is 24.5. The van der Waals surface area contributed by atoms with Gasteiger partial charge in [0.05, 0.1) is 16.0 Å². The number of fused-ring (bicyclic) bond motifs is 4. The lowest BCUT2D eigenvalue weighted by Crippen LogP contribution is -2.55. The third-order valence-corrected chi connectivity index (χ3v) is 8.61. The smallest absolute Gasteiger partial charge is 0.256 e. The Morgan fingerprint density at radius 3 is 2.49 bits per heavy atom. The Labute approximate surface area is 228 Å². The molecule has 190 valence electrons. The molecular formula is C27H22Cl3N3O4. The standard InChI is InChI=1S/C27H22Cl3N3O4/c28-17-9-7-15(8-10-17)14-37-24-19(29)12-16(13-20(24)30)23-22-6-3-11-32(22)27(25(23)33(35)36)18-4-1-2-5-21(18)31-26(27)34/h1-2,4-5,7-10,12-13,22-23,25H,3,6,11,14H2,(H,31,34)/t22-,23-,25-,27+/m1/s1. The zero-order valence-electron chi connectivity index (χ0n) is 19.5. The van der Waals surface area contributed by atoms with Gasteiger partial charge in [-0.05, 0) is 54.3 Å². The van der Waals surface area contributed by atoms with Crippen LogP contribution in [0.3, 0.4) is 0 Å². The van der Waals surface area contributed by atoms with Gasteiger partial charge in [-0.3, -0.25) is 19.8 Å². The highest BCUT2D eigenvalue weighted by atomic mass is 35.5. The Kier molecular flexibility index (Phi) is 6.07. The molecule has 37 heavy (non-hydrogen) atoms. The number of ether oxygens (including phenoxy) is 1. The third-order valence-electron chi connectivity index (χ3n) is 7.80. The molecule has 3 aliphatic rings. The van der Waals surface area contributed by atoms with Crippen molar-refractivity contribution in [3.05, 3.63) is 103 Å². The Hall–Kier alpha value is -2.84. The molecule has 2 saturated heterocycles. The number of benzene rings is 3. The maximum absolute atomic E-state index is 13.6. The van der Waals surface area contributed by atoms with Gasteiger partial charge in [0.25, 0.3) is 11.9 Å². The van der Waals surface area contributed by atoms with Gasteiger partial charge in [-0.15, -0.1) is 0 Å². The SMILES string of the molecule is O=C1Nc2ccccc2[C@]12[C@H]([N+](=O)[O-])[C@H](c1cc(Cl)c(OCc3ccc(Cl)cc3)c(Cl)c1)[C@H]1CCCN12. The molecule has 3 aromatic rings. The molecule has 0 radical (unpaired) electrons. The summed E-state index contributed by atoms with van der Waals surface area (Å²) in [5.74, 6) is -0.640. The molecular weight excluding hydrogens is 537 g/mol. The molecule has 1 spiro atoms. The predicted molar refractivity (Wildman–Crippen MR) is 142 cm³/mol. The molecule has 2 fully saturated rings. The van der Waals surface area contributed by atoms with E-state index in [-0.39, 0.29) is 33.5 Å². The van der Waals surface area contributed by atoms with Crippen LogP contribution in [-0.2, 0) is 16.9 Å². The van der Waals surface area contributed by atoms with Gasteiger partial charge in [-0.2, -0.15) is 0 Å². The number of hydrogen-bond acceptors (Lipinski definition) is 5. The highest BCUT2D eigenvalue weighted by Crippen LogP contribution is 2.58. The molecule has 3 aromatic carbocycles. The van der Waals surface area contributed by atoms with Gasteiger partial charge in [-0.1, -0.05) is 65.1 Å². The summed E-state index contributed by atoms with van der Waals surface area (Å²) < 4.78 is 5.91. The second kappa shape index (κ2) is 9.17. The highest BCUT2D eigenvalue weighted by molar-refractivity contribution is 6.37. The topological polar surface area (TPSA) is 84.7 Å². The fraction of sp³-hybridized carbons (Fsp3) is 0.296. The van der Waals surface area contributed by atoms with Gasteiger partial charge in [0.15, 0.2) is 11.3 Å². The van der Waals surface area contributed by atoms with E-state index in [4.69, 9.17) is 39.5 Å². The Bertz CT molecular complexity index is 1390. The fourth-order valence-electron chi connectivity index (χ4n) is 6.42. The van der Waals surface area contributed by atoms with Crippen molar-refractivity contribution in [3.8, 4) is 5.75 Å². The van der Waals surface area contributed by atoms with Crippen LogP contribution in [0.5, 0.6) is 5.75 Å². The summed E-state index contributed by atoms with van der Waals surface area (Å²) in [6.07, 6.45) is 1.57.